The Labute approximate surface area is 322 Å². The van der Waals surface area contributed by atoms with Gasteiger partial charge >= 0.3 is 0 Å². The fourth-order valence-corrected chi connectivity index (χ4v) is 7.94. The smallest absolute Gasteiger partial charge is 0.0540 e. The monoisotopic (exact) mass is 699 g/mol. The standard InChI is InChI=1S/C54H37N/c1-4-14-42-34-48(26-23-38(42)11-1)46-18-9-17-45(33-46)41-29-31-51(32-30-41)55(52-20-10-19-47(37-52)49-27-24-39-12-2-5-15-43(39)35-49)54-22-8-7-21-53(54)50-28-25-40-13-3-6-16-44(40)36-50/h1-37H. The first kappa shape index (κ1) is 32.4. The van der Waals surface area contributed by atoms with Crippen molar-refractivity contribution in [3.05, 3.63) is 224 Å². The summed E-state index contributed by atoms with van der Waals surface area (Å²) in [6.45, 7) is 0. The summed E-state index contributed by atoms with van der Waals surface area (Å²) in [5, 5.41) is 7.47. The van der Waals surface area contributed by atoms with Gasteiger partial charge in [-0.05, 0) is 126 Å². The van der Waals surface area contributed by atoms with E-state index in [2.05, 4.69) is 229 Å². The number of fused-ring (bicyclic) bond motifs is 3. The molecule has 0 bridgehead atoms. The van der Waals surface area contributed by atoms with Crippen LogP contribution >= 0.6 is 0 Å². The molecule has 1 nitrogen and oxygen atoms in total. The van der Waals surface area contributed by atoms with Crippen LogP contribution in [0.4, 0.5) is 17.1 Å². The molecule has 55 heavy (non-hydrogen) atoms. The predicted molar refractivity (Wildman–Crippen MR) is 235 cm³/mol. The van der Waals surface area contributed by atoms with Gasteiger partial charge in [-0.1, -0.05) is 170 Å². The lowest BCUT2D eigenvalue weighted by Gasteiger charge is -2.28. The van der Waals surface area contributed by atoms with Crippen LogP contribution in [0.15, 0.2) is 224 Å². The van der Waals surface area contributed by atoms with Crippen LogP contribution in [0.5, 0.6) is 0 Å². The number of nitrogens with zero attached hydrogens (tertiary/aromatic N) is 1. The molecule has 1 heteroatoms. The molecule has 10 aromatic rings. The number of rotatable bonds is 7. The largest absolute Gasteiger partial charge is 0.310 e. The van der Waals surface area contributed by atoms with Crippen LogP contribution < -0.4 is 4.90 Å². The highest BCUT2D eigenvalue weighted by Gasteiger charge is 2.18. The number of hydrogen-bond donors (Lipinski definition) is 0. The fourth-order valence-electron chi connectivity index (χ4n) is 7.94. The first-order valence-electron chi connectivity index (χ1n) is 18.9. The van der Waals surface area contributed by atoms with Gasteiger partial charge in [0.05, 0.1) is 5.69 Å². The zero-order chi connectivity index (χ0) is 36.6. The maximum Gasteiger partial charge on any atom is 0.0540 e. The van der Waals surface area contributed by atoms with Crippen molar-refractivity contribution in [1.82, 2.24) is 0 Å². The van der Waals surface area contributed by atoms with Crippen LogP contribution in [0.3, 0.4) is 0 Å². The van der Waals surface area contributed by atoms with Crippen molar-refractivity contribution in [2.24, 2.45) is 0 Å². The third-order valence-electron chi connectivity index (χ3n) is 10.8. The molecule has 0 aliphatic rings. The number of anilines is 3. The minimum Gasteiger partial charge on any atom is -0.310 e. The normalized spacial score (nSPS) is 11.3. The molecule has 0 radical (unpaired) electrons. The predicted octanol–water partition coefficient (Wildman–Crippen LogP) is 15.3. The van der Waals surface area contributed by atoms with Gasteiger partial charge in [0.15, 0.2) is 0 Å². The summed E-state index contributed by atoms with van der Waals surface area (Å²) in [6.07, 6.45) is 0. The van der Waals surface area contributed by atoms with Gasteiger partial charge in [0.2, 0.25) is 0 Å². The second-order valence-corrected chi connectivity index (χ2v) is 14.2. The van der Waals surface area contributed by atoms with E-state index in [9.17, 15) is 0 Å². The van der Waals surface area contributed by atoms with E-state index in [1.807, 2.05) is 0 Å². The summed E-state index contributed by atoms with van der Waals surface area (Å²) in [5.74, 6) is 0. The van der Waals surface area contributed by atoms with E-state index in [-0.39, 0.29) is 0 Å². The molecular formula is C54H37N. The van der Waals surface area contributed by atoms with Crippen LogP contribution in [0.25, 0.3) is 76.8 Å². The third kappa shape index (κ3) is 6.33. The van der Waals surface area contributed by atoms with Crippen LogP contribution in [0.2, 0.25) is 0 Å². The molecule has 258 valence electrons. The van der Waals surface area contributed by atoms with Gasteiger partial charge < -0.3 is 4.90 Å². The number of hydrogen-bond acceptors (Lipinski definition) is 1. The second kappa shape index (κ2) is 14.0. The summed E-state index contributed by atoms with van der Waals surface area (Å²) >= 11 is 0. The Morgan fingerprint density at radius 2 is 0.636 bits per heavy atom. The molecule has 0 heterocycles. The maximum atomic E-state index is 2.41. The molecule has 0 saturated heterocycles. The Kier molecular flexibility index (Phi) is 8.24. The summed E-state index contributed by atoms with van der Waals surface area (Å²) in [7, 11) is 0. The quantitative estimate of drug-likeness (QED) is 0.160. The van der Waals surface area contributed by atoms with Crippen LogP contribution in [0, 0.1) is 0 Å². The topological polar surface area (TPSA) is 3.24 Å². The Bertz CT molecular complexity index is 2990. The van der Waals surface area contributed by atoms with E-state index in [4.69, 9.17) is 0 Å². The summed E-state index contributed by atoms with van der Waals surface area (Å²) in [5.41, 5.74) is 12.9. The van der Waals surface area contributed by atoms with Crippen molar-refractivity contribution in [3.8, 4) is 44.5 Å². The van der Waals surface area contributed by atoms with Crippen molar-refractivity contribution >= 4 is 49.4 Å². The van der Waals surface area contributed by atoms with E-state index >= 15 is 0 Å². The molecule has 0 aromatic heterocycles. The highest BCUT2D eigenvalue weighted by molar-refractivity contribution is 5.95. The van der Waals surface area contributed by atoms with Crippen molar-refractivity contribution < 1.29 is 0 Å². The molecule has 0 atom stereocenters. The summed E-state index contributed by atoms with van der Waals surface area (Å²) in [6, 6.07) is 81.6. The molecule has 0 aliphatic heterocycles. The lowest BCUT2D eigenvalue weighted by atomic mass is 9.96. The van der Waals surface area contributed by atoms with E-state index < -0.39 is 0 Å². The zero-order valence-electron chi connectivity index (χ0n) is 30.3. The van der Waals surface area contributed by atoms with Crippen molar-refractivity contribution in [1.29, 1.82) is 0 Å². The van der Waals surface area contributed by atoms with Gasteiger partial charge in [0, 0.05) is 16.9 Å². The van der Waals surface area contributed by atoms with Gasteiger partial charge in [0.25, 0.3) is 0 Å². The van der Waals surface area contributed by atoms with Crippen LogP contribution in [0.1, 0.15) is 0 Å². The van der Waals surface area contributed by atoms with Crippen molar-refractivity contribution in [2.75, 3.05) is 4.90 Å². The first-order chi connectivity index (χ1) is 27.2. The summed E-state index contributed by atoms with van der Waals surface area (Å²) in [4.78, 5) is 2.41. The molecule has 10 aromatic carbocycles. The average molecular weight is 700 g/mol. The number of para-hydroxylation sites is 1. The Morgan fingerprint density at radius 3 is 1.24 bits per heavy atom. The van der Waals surface area contributed by atoms with E-state index in [1.54, 1.807) is 0 Å². The lowest BCUT2D eigenvalue weighted by molar-refractivity contribution is 1.28. The molecule has 0 unspecified atom stereocenters. The summed E-state index contributed by atoms with van der Waals surface area (Å²) < 4.78 is 0. The van der Waals surface area contributed by atoms with Crippen molar-refractivity contribution in [2.45, 2.75) is 0 Å². The first-order valence-corrected chi connectivity index (χ1v) is 18.9. The minimum atomic E-state index is 1.10. The Morgan fingerprint density at radius 1 is 0.218 bits per heavy atom. The third-order valence-corrected chi connectivity index (χ3v) is 10.8. The van der Waals surface area contributed by atoms with Crippen LogP contribution in [-0.4, -0.2) is 0 Å². The van der Waals surface area contributed by atoms with Gasteiger partial charge in [-0.25, -0.2) is 0 Å². The highest BCUT2D eigenvalue weighted by Crippen LogP contribution is 2.43. The molecule has 0 amide bonds. The van der Waals surface area contributed by atoms with E-state index in [0.717, 1.165) is 17.1 Å². The highest BCUT2D eigenvalue weighted by atomic mass is 15.1. The zero-order valence-corrected chi connectivity index (χ0v) is 30.3. The molecule has 0 spiro atoms. The van der Waals surface area contributed by atoms with Crippen molar-refractivity contribution in [3.63, 3.8) is 0 Å². The molecule has 0 N–H and O–H groups in total. The number of benzene rings is 10. The fraction of sp³-hybridized carbons (Fsp3) is 0. The minimum absolute atomic E-state index is 1.10. The molecule has 0 saturated carbocycles. The lowest BCUT2D eigenvalue weighted by Crippen LogP contribution is -2.11. The molecule has 10 rings (SSSR count). The molecular weight excluding hydrogens is 663 g/mol. The van der Waals surface area contributed by atoms with E-state index in [0.29, 0.717) is 0 Å². The average Bonchev–Trinajstić information content (AvgIpc) is 3.26. The SMILES string of the molecule is c1cc(-c2ccc(N(c3cccc(-c4ccc5ccccc5c4)c3)c3ccccc3-c3ccc4ccccc4c3)cc2)cc(-c2ccc3ccccc3c2)c1. The van der Waals surface area contributed by atoms with Crippen LogP contribution in [-0.2, 0) is 0 Å². The Balaban J connectivity index is 1.08. The van der Waals surface area contributed by atoms with Gasteiger partial charge in [0.1, 0.15) is 0 Å². The Hall–Kier alpha value is -7.22. The van der Waals surface area contributed by atoms with Gasteiger partial charge in [-0.15, -0.1) is 0 Å². The van der Waals surface area contributed by atoms with Gasteiger partial charge in [-0.2, -0.15) is 0 Å². The maximum absolute atomic E-state index is 2.41. The van der Waals surface area contributed by atoms with Gasteiger partial charge in [-0.3, -0.25) is 0 Å². The molecule has 0 fully saturated rings. The van der Waals surface area contributed by atoms with E-state index in [1.165, 1.54) is 76.8 Å². The molecule has 0 aliphatic carbocycles. The second-order valence-electron chi connectivity index (χ2n) is 14.2.